The van der Waals surface area contributed by atoms with Crippen LogP contribution in [-0.4, -0.2) is 4.92 Å². The molecule has 1 N–H and O–H groups in total. The van der Waals surface area contributed by atoms with E-state index in [2.05, 4.69) is 24.4 Å². The molecule has 4 nitrogen and oxygen atoms in total. The molecular formula is C16H18N2O2. The summed E-state index contributed by atoms with van der Waals surface area (Å²) in [5, 5.41) is 14.3. The third-order valence-electron chi connectivity index (χ3n) is 3.29. The van der Waals surface area contributed by atoms with E-state index in [4.69, 9.17) is 0 Å². The molecule has 0 aliphatic carbocycles. The van der Waals surface area contributed by atoms with Crippen LogP contribution in [0.2, 0.25) is 0 Å². The van der Waals surface area contributed by atoms with Crippen molar-refractivity contribution in [3.63, 3.8) is 0 Å². The Morgan fingerprint density at radius 1 is 1.15 bits per heavy atom. The average Bonchev–Trinajstić information content (AvgIpc) is 2.49. The zero-order valence-corrected chi connectivity index (χ0v) is 11.5. The van der Waals surface area contributed by atoms with Crippen LogP contribution in [0, 0.1) is 10.1 Å². The molecule has 0 saturated carbocycles. The second-order valence-corrected chi connectivity index (χ2v) is 4.68. The summed E-state index contributed by atoms with van der Waals surface area (Å²) in [5.74, 6) is 0. The standard InChI is InChI=1S/C16H18N2O2/c1-2-16(17-12-13-7-4-3-5-8-13)14-9-6-10-15(11-14)18(19)20/h3-11,16-17H,2,12H2,1H3. The fraction of sp³-hybridized carbons (Fsp3) is 0.250. The van der Waals surface area contributed by atoms with Gasteiger partial charge < -0.3 is 5.32 Å². The van der Waals surface area contributed by atoms with Gasteiger partial charge in [-0.15, -0.1) is 0 Å². The first kappa shape index (κ1) is 14.2. The molecule has 0 spiro atoms. The van der Waals surface area contributed by atoms with Crippen LogP contribution in [0.25, 0.3) is 0 Å². The summed E-state index contributed by atoms with van der Waals surface area (Å²) >= 11 is 0. The molecule has 0 aliphatic rings. The first-order valence-corrected chi connectivity index (χ1v) is 6.72. The van der Waals surface area contributed by atoms with E-state index in [0.717, 1.165) is 18.5 Å². The van der Waals surface area contributed by atoms with E-state index >= 15 is 0 Å². The van der Waals surface area contributed by atoms with Gasteiger partial charge in [-0.3, -0.25) is 10.1 Å². The highest BCUT2D eigenvalue weighted by atomic mass is 16.6. The lowest BCUT2D eigenvalue weighted by Crippen LogP contribution is -2.20. The molecule has 0 aliphatic heterocycles. The Bertz CT molecular complexity index is 570. The summed E-state index contributed by atoms with van der Waals surface area (Å²) in [6.45, 7) is 2.82. The minimum absolute atomic E-state index is 0.120. The molecule has 0 heterocycles. The maximum atomic E-state index is 10.8. The van der Waals surface area contributed by atoms with E-state index in [1.54, 1.807) is 12.1 Å². The van der Waals surface area contributed by atoms with E-state index in [0.29, 0.717) is 0 Å². The molecule has 0 fully saturated rings. The van der Waals surface area contributed by atoms with Crippen molar-refractivity contribution in [1.29, 1.82) is 0 Å². The van der Waals surface area contributed by atoms with Crippen molar-refractivity contribution in [3.05, 3.63) is 75.8 Å². The summed E-state index contributed by atoms with van der Waals surface area (Å²) in [6.07, 6.45) is 0.883. The lowest BCUT2D eigenvalue weighted by atomic mass is 10.0. The Morgan fingerprint density at radius 3 is 2.55 bits per heavy atom. The summed E-state index contributed by atoms with van der Waals surface area (Å²) < 4.78 is 0. The molecule has 0 aromatic heterocycles. The van der Waals surface area contributed by atoms with Crippen molar-refractivity contribution in [2.24, 2.45) is 0 Å². The third kappa shape index (κ3) is 3.65. The molecule has 1 unspecified atom stereocenters. The summed E-state index contributed by atoms with van der Waals surface area (Å²) in [5.41, 5.74) is 2.30. The van der Waals surface area contributed by atoms with Gasteiger partial charge in [0, 0.05) is 24.7 Å². The Kier molecular flexibility index (Phi) is 4.85. The van der Waals surface area contributed by atoms with E-state index in [1.165, 1.54) is 11.6 Å². The van der Waals surface area contributed by atoms with Gasteiger partial charge in [-0.2, -0.15) is 0 Å². The lowest BCUT2D eigenvalue weighted by molar-refractivity contribution is -0.384. The SMILES string of the molecule is CCC(NCc1ccccc1)c1cccc([N+](=O)[O-])c1. The van der Waals surface area contributed by atoms with Gasteiger partial charge in [0.1, 0.15) is 0 Å². The number of non-ortho nitro benzene ring substituents is 1. The largest absolute Gasteiger partial charge is 0.306 e. The maximum Gasteiger partial charge on any atom is 0.269 e. The van der Waals surface area contributed by atoms with Crippen LogP contribution in [0.5, 0.6) is 0 Å². The Labute approximate surface area is 118 Å². The molecule has 0 radical (unpaired) electrons. The highest BCUT2D eigenvalue weighted by Gasteiger charge is 2.12. The highest BCUT2D eigenvalue weighted by Crippen LogP contribution is 2.21. The molecule has 0 amide bonds. The Hall–Kier alpha value is -2.20. The average molecular weight is 270 g/mol. The van der Waals surface area contributed by atoms with Crippen molar-refractivity contribution >= 4 is 5.69 Å². The van der Waals surface area contributed by atoms with E-state index in [1.807, 2.05) is 24.3 Å². The molecule has 104 valence electrons. The van der Waals surface area contributed by atoms with Gasteiger partial charge in [-0.25, -0.2) is 0 Å². The van der Waals surface area contributed by atoms with Gasteiger partial charge in [0.15, 0.2) is 0 Å². The number of hydrogen-bond acceptors (Lipinski definition) is 3. The molecule has 4 heteroatoms. The van der Waals surface area contributed by atoms with Crippen LogP contribution in [-0.2, 0) is 6.54 Å². The van der Waals surface area contributed by atoms with Crippen LogP contribution in [0.1, 0.15) is 30.5 Å². The maximum absolute atomic E-state index is 10.8. The van der Waals surface area contributed by atoms with Gasteiger partial charge in [0.05, 0.1) is 4.92 Å². The van der Waals surface area contributed by atoms with Gasteiger partial charge in [0.2, 0.25) is 0 Å². The molecule has 1 atom stereocenters. The smallest absolute Gasteiger partial charge is 0.269 e. The van der Waals surface area contributed by atoms with Crippen LogP contribution in [0.15, 0.2) is 54.6 Å². The normalized spacial score (nSPS) is 12.1. The molecule has 2 rings (SSSR count). The number of rotatable bonds is 6. The molecule has 2 aromatic rings. The molecule has 20 heavy (non-hydrogen) atoms. The number of benzene rings is 2. The topological polar surface area (TPSA) is 55.2 Å². The van der Waals surface area contributed by atoms with E-state index in [9.17, 15) is 10.1 Å². The Balaban J connectivity index is 2.08. The van der Waals surface area contributed by atoms with Crippen LogP contribution in [0.4, 0.5) is 5.69 Å². The second-order valence-electron chi connectivity index (χ2n) is 4.68. The zero-order valence-electron chi connectivity index (χ0n) is 11.5. The van der Waals surface area contributed by atoms with Crippen molar-refractivity contribution in [1.82, 2.24) is 5.32 Å². The number of nitrogens with zero attached hydrogens (tertiary/aromatic N) is 1. The van der Waals surface area contributed by atoms with E-state index < -0.39 is 0 Å². The predicted octanol–water partition coefficient (Wildman–Crippen LogP) is 3.84. The molecule has 0 saturated heterocycles. The van der Waals surface area contributed by atoms with Crippen molar-refractivity contribution < 1.29 is 4.92 Å². The summed E-state index contributed by atoms with van der Waals surface area (Å²) in [6, 6.07) is 17.1. The highest BCUT2D eigenvalue weighted by molar-refractivity contribution is 5.35. The zero-order chi connectivity index (χ0) is 14.4. The number of nitro benzene ring substituents is 1. The predicted molar refractivity (Wildman–Crippen MR) is 79.4 cm³/mol. The fourth-order valence-electron chi connectivity index (χ4n) is 2.19. The first-order valence-electron chi connectivity index (χ1n) is 6.72. The minimum atomic E-state index is -0.354. The van der Waals surface area contributed by atoms with Gasteiger partial charge in [-0.1, -0.05) is 49.4 Å². The van der Waals surface area contributed by atoms with Crippen molar-refractivity contribution in [2.75, 3.05) is 0 Å². The van der Waals surface area contributed by atoms with Crippen molar-refractivity contribution in [2.45, 2.75) is 25.9 Å². The van der Waals surface area contributed by atoms with Crippen LogP contribution < -0.4 is 5.32 Å². The van der Waals surface area contributed by atoms with Crippen molar-refractivity contribution in [3.8, 4) is 0 Å². The van der Waals surface area contributed by atoms with Crippen LogP contribution in [0.3, 0.4) is 0 Å². The van der Waals surface area contributed by atoms with E-state index in [-0.39, 0.29) is 16.7 Å². The third-order valence-corrected chi connectivity index (χ3v) is 3.29. The summed E-state index contributed by atoms with van der Waals surface area (Å²) in [4.78, 5) is 10.5. The first-order chi connectivity index (χ1) is 9.70. The Morgan fingerprint density at radius 2 is 1.90 bits per heavy atom. The monoisotopic (exact) mass is 270 g/mol. The number of nitro groups is 1. The van der Waals surface area contributed by atoms with Gasteiger partial charge >= 0.3 is 0 Å². The minimum Gasteiger partial charge on any atom is -0.306 e. The number of nitrogens with one attached hydrogen (secondary N) is 1. The molecule has 0 bridgehead atoms. The summed E-state index contributed by atoms with van der Waals surface area (Å²) in [7, 11) is 0. The molecule has 2 aromatic carbocycles. The second kappa shape index (κ2) is 6.82. The fourth-order valence-corrected chi connectivity index (χ4v) is 2.19. The number of hydrogen-bond donors (Lipinski definition) is 1. The van der Waals surface area contributed by atoms with Crippen LogP contribution >= 0.6 is 0 Å². The lowest BCUT2D eigenvalue weighted by Gasteiger charge is -2.17. The van der Waals surface area contributed by atoms with Gasteiger partial charge in [0.25, 0.3) is 5.69 Å². The van der Waals surface area contributed by atoms with Gasteiger partial charge in [-0.05, 0) is 17.5 Å². The molecular weight excluding hydrogens is 252 g/mol. The quantitative estimate of drug-likeness (QED) is 0.641.